The molecule has 0 aliphatic carbocycles. The highest BCUT2D eigenvalue weighted by atomic mass is 16.5. The first-order chi connectivity index (χ1) is 15.3. The Bertz CT molecular complexity index is 906. The van der Waals surface area contributed by atoms with Crippen molar-refractivity contribution in [2.75, 3.05) is 45.9 Å². The molecule has 1 aliphatic heterocycles. The van der Waals surface area contributed by atoms with Gasteiger partial charge in [0.1, 0.15) is 5.82 Å². The third kappa shape index (κ3) is 6.15. The van der Waals surface area contributed by atoms with E-state index >= 15 is 0 Å². The summed E-state index contributed by atoms with van der Waals surface area (Å²) < 4.78 is 10.0. The maximum Gasteiger partial charge on any atom is 0.124 e. The Kier molecular flexibility index (Phi) is 8.10. The van der Waals surface area contributed by atoms with Gasteiger partial charge in [-0.15, -0.1) is 0 Å². The Balaban J connectivity index is 1.29. The smallest absolute Gasteiger partial charge is 0.124 e. The van der Waals surface area contributed by atoms with Gasteiger partial charge in [-0.1, -0.05) is 12.1 Å². The Labute approximate surface area is 185 Å². The zero-order valence-electron chi connectivity index (χ0n) is 18.8. The summed E-state index contributed by atoms with van der Waals surface area (Å²) in [4.78, 5) is 10.2. The molecule has 0 saturated carbocycles. The van der Waals surface area contributed by atoms with Gasteiger partial charge >= 0.3 is 0 Å². The highest BCUT2D eigenvalue weighted by Gasteiger charge is 2.18. The van der Waals surface area contributed by atoms with Gasteiger partial charge in [-0.2, -0.15) is 5.10 Å². The van der Waals surface area contributed by atoms with Crippen molar-refractivity contribution >= 4 is 11.0 Å². The Morgan fingerprint density at radius 1 is 0.935 bits per heavy atom. The molecule has 1 saturated heterocycles. The van der Waals surface area contributed by atoms with Gasteiger partial charge in [0.2, 0.25) is 0 Å². The van der Waals surface area contributed by atoms with E-state index in [4.69, 9.17) is 9.72 Å². The van der Waals surface area contributed by atoms with Crippen LogP contribution >= 0.6 is 0 Å². The van der Waals surface area contributed by atoms with Crippen LogP contribution in [0.25, 0.3) is 11.0 Å². The first-order valence-corrected chi connectivity index (χ1v) is 11.8. The van der Waals surface area contributed by atoms with Crippen LogP contribution in [0.1, 0.15) is 32.0 Å². The van der Waals surface area contributed by atoms with Crippen LogP contribution in [0.15, 0.2) is 42.7 Å². The second-order valence-electron chi connectivity index (χ2n) is 8.31. The zero-order chi connectivity index (χ0) is 21.3. The molecular formula is C24H36N6O. The number of ether oxygens (including phenoxy) is 1. The van der Waals surface area contributed by atoms with Crippen LogP contribution in [0, 0.1) is 0 Å². The minimum atomic E-state index is 0.732. The molecule has 0 spiro atoms. The van der Waals surface area contributed by atoms with Crippen molar-refractivity contribution in [3.63, 3.8) is 0 Å². The first-order valence-electron chi connectivity index (χ1n) is 11.8. The first kappa shape index (κ1) is 22.0. The minimum Gasteiger partial charge on any atom is -0.380 e. The predicted molar refractivity (Wildman–Crippen MR) is 124 cm³/mol. The third-order valence-electron chi connectivity index (χ3n) is 6.11. The number of hydrogen-bond donors (Lipinski definition) is 0. The van der Waals surface area contributed by atoms with Crippen molar-refractivity contribution < 1.29 is 4.74 Å². The summed E-state index contributed by atoms with van der Waals surface area (Å²) in [5, 5.41) is 4.29. The number of unbranched alkanes of at least 4 members (excludes halogenated alkanes) is 1. The normalized spacial score (nSPS) is 16.2. The van der Waals surface area contributed by atoms with Gasteiger partial charge < -0.3 is 14.2 Å². The molecule has 1 aromatic carbocycles. The van der Waals surface area contributed by atoms with Crippen LogP contribution in [0.5, 0.6) is 0 Å². The number of benzene rings is 1. The fraction of sp³-hybridized carbons (Fsp3) is 0.583. The molecule has 4 rings (SSSR count). The maximum atomic E-state index is 5.63. The molecule has 31 heavy (non-hydrogen) atoms. The van der Waals surface area contributed by atoms with E-state index in [1.807, 2.05) is 30.1 Å². The molecule has 1 aliphatic rings. The van der Waals surface area contributed by atoms with Gasteiger partial charge in [0.15, 0.2) is 0 Å². The largest absolute Gasteiger partial charge is 0.380 e. The molecule has 0 atom stereocenters. The van der Waals surface area contributed by atoms with E-state index in [1.165, 1.54) is 37.9 Å². The average molecular weight is 425 g/mol. The molecule has 0 amide bonds. The average Bonchev–Trinajstić information content (AvgIpc) is 3.36. The van der Waals surface area contributed by atoms with Crippen LogP contribution in [0.2, 0.25) is 0 Å². The van der Waals surface area contributed by atoms with Crippen LogP contribution in [-0.2, 0) is 24.4 Å². The van der Waals surface area contributed by atoms with Gasteiger partial charge in [0, 0.05) is 45.2 Å². The van der Waals surface area contributed by atoms with E-state index in [9.17, 15) is 0 Å². The lowest BCUT2D eigenvalue weighted by atomic mass is 10.3. The van der Waals surface area contributed by atoms with Gasteiger partial charge in [-0.3, -0.25) is 9.58 Å². The second-order valence-corrected chi connectivity index (χ2v) is 8.31. The third-order valence-corrected chi connectivity index (χ3v) is 6.11. The lowest BCUT2D eigenvalue weighted by molar-refractivity contribution is 0.138. The van der Waals surface area contributed by atoms with Gasteiger partial charge in [-0.25, -0.2) is 4.98 Å². The standard InChI is InChI=1S/C24H36N6O/c1-2-31-20-19-30-23-10-4-3-9-22(23)26-24(30)21-28-14-8-13-27(17-18-28)12-5-6-15-29-16-7-11-25-29/h3-4,7,9-11,16H,2,5-6,8,12-15,17-21H2,1H3. The molecule has 0 bridgehead atoms. The molecule has 2 aromatic heterocycles. The molecular weight excluding hydrogens is 388 g/mol. The molecule has 168 valence electrons. The summed E-state index contributed by atoms with van der Waals surface area (Å²) in [5.74, 6) is 1.16. The summed E-state index contributed by atoms with van der Waals surface area (Å²) in [6, 6.07) is 10.5. The summed E-state index contributed by atoms with van der Waals surface area (Å²) in [6.07, 6.45) is 7.54. The molecule has 0 N–H and O–H groups in total. The lowest BCUT2D eigenvalue weighted by Crippen LogP contribution is -2.32. The lowest BCUT2D eigenvalue weighted by Gasteiger charge is -2.22. The monoisotopic (exact) mass is 424 g/mol. The van der Waals surface area contributed by atoms with Crippen molar-refractivity contribution in [2.24, 2.45) is 0 Å². The van der Waals surface area contributed by atoms with Crippen molar-refractivity contribution in [3.05, 3.63) is 48.5 Å². The zero-order valence-corrected chi connectivity index (χ0v) is 18.8. The fourth-order valence-electron chi connectivity index (χ4n) is 4.44. The van der Waals surface area contributed by atoms with Crippen molar-refractivity contribution in [2.45, 2.75) is 45.8 Å². The van der Waals surface area contributed by atoms with Crippen LogP contribution < -0.4 is 0 Å². The molecule has 7 heteroatoms. The van der Waals surface area contributed by atoms with E-state index in [0.717, 1.165) is 63.8 Å². The number of nitrogens with zero attached hydrogens (tertiary/aromatic N) is 6. The second kappa shape index (κ2) is 11.4. The number of imidazole rings is 1. The minimum absolute atomic E-state index is 0.732. The number of rotatable bonds is 11. The van der Waals surface area contributed by atoms with Crippen molar-refractivity contribution in [3.8, 4) is 0 Å². The number of hydrogen-bond acceptors (Lipinski definition) is 5. The molecule has 7 nitrogen and oxygen atoms in total. The molecule has 1 fully saturated rings. The fourth-order valence-corrected chi connectivity index (χ4v) is 4.44. The van der Waals surface area contributed by atoms with E-state index in [0.29, 0.717) is 0 Å². The SMILES string of the molecule is CCOCCn1c(CN2CCCN(CCCCn3cccn3)CC2)nc2ccccc21. The predicted octanol–water partition coefficient (Wildman–Crippen LogP) is 3.26. The summed E-state index contributed by atoms with van der Waals surface area (Å²) in [6.45, 7) is 12.1. The van der Waals surface area contributed by atoms with Gasteiger partial charge in [0.05, 0.1) is 24.2 Å². The van der Waals surface area contributed by atoms with E-state index in [-0.39, 0.29) is 0 Å². The van der Waals surface area contributed by atoms with E-state index < -0.39 is 0 Å². The summed E-state index contributed by atoms with van der Waals surface area (Å²) in [5.41, 5.74) is 2.30. The van der Waals surface area contributed by atoms with Crippen LogP contribution in [0.4, 0.5) is 0 Å². The highest BCUT2D eigenvalue weighted by Crippen LogP contribution is 2.18. The number of para-hydroxylation sites is 2. The van der Waals surface area contributed by atoms with Crippen LogP contribution in [0.3, 0.4) is 0 Å². The highest BCUT2D eigenvalue weighted by molar-refractivity contribution is 5.75. The Hall–Kier alpha value is -2.22. The molecule has 3 heterocycles. The van der Waals surface area contributed by atoms with E-state index in [2.05, 4.69) is 43.7 Å². The van der Waals surface area contributed by atoms with Gasteiger partial charge in [-0.05, 0) is 64.0 Å². The topological polar surface area (TPSA) is 51.4 Å². The number of aromatic nitrogens is 4. The summed E-state index contributed by atoms with van der Waals surface area (Å²) in [7, 11) is 0. The number of fused-ring (bicyclic) bond motifs is 1. The molecule has 0 unspecified atom stereocenters. The van der Waals surface area contributed by atoms with Crippen LogP contribution in [-0.4, -0.2) is 75.1 Å². The molecule has 3 aromatic rings. The summed E-state index contributed by atoms with van der Waals surface area (Å²) >= 11 is 0. The number of aryl methyl sites for hydroxylation is 1. The van der Waals surface area contributed by atoms with E-state index in [1.54, 1.807) is 0 Å². The van der Waals surface area contributed by atoms with Gasteiger partial charge in [0.25, 0.3) is 0 Å². The van der Waals surface area contributed by atoms with Crippen molar-refractivity contribution in [1.82, 2.24) is 29.1 Å². The Morgan fingerprint density at radius 2 is 1.77 bits per heavy atom. The van der Waals surface area contributed by atoms with Crippen molar-refractivity contribution in [1.29, 1.82) is 0 Å². The molecule has 0 radical (unpaired) electrons. The quantitative estimate of drug-likeness (QED) is 0.442. The Morgan fingerprint density at radius 3 is 2.65 bits per heavy atom. The maximum absolute atomic E-state index is 5.63.